The van der Waals surface area contributed by atoms with Gasteiger partial charge in [0.05, 0.1) is 6.61 Å². The van der Waals surface area contributed by atoms with E-state index in [1.165, 1.54) is 6.42 Å². The van der Waals surface area contributed by atoms with E-state index in [0.29, 0.717) is 5.92 Å². The Morgan fingerprint density at radius 2 is 2.31 bits per heavy atom. The summed E-state index contributed by atoms with van der Waals surface area (Å²) in [6.07, 6.45) is 4.73. The van der Waals surface area contributed by atoms with E-state index in [9.17, 15) is 0 Å². The van der Waals surface area contributed by atoms with Crippen molar-refractivity contribution in [3.8, 4) is 5.75 Å². The molecule has 3 heteroatoms. The molecular weight excluding hydrogens is 164 g/mol. The number of aromatic nitrogens is 1. The first kappa shape index (κ1) is 8.51. The smallest absolute Gasteiger partial charge is 0.122 e. The van der Waals surface area contributed by atoms with Crippen LogP contribution < -0.4 is 10.1 Å². The van der Waals surface area contributed by atoms with Crippen LogP contribution in [-0.2, 0) is 0 Å². The second-order valence-electron chi connectivity index (χ2n) is 3.35. The van der Waals surface area contributed by atoms with Crippen molar-refractivity contribution < 1.29 is 4.74 Å². The molecule has 1 N–H and O–H groups in total. The molecule has 1 aliphatic rings. The van der Waals surface area contributed by atoms with Gasteiger partial charge in [0.15, 0.2) is 0 Å². The van der Waals surface area contributed by atoms with E-state index in [1.807, 2.05) is 12.1 Å². The predicted molar refractivity (Wildman–Crippen MR) is 50.7 cm³/mol. The van der Waals surface area contributed by atoms with Crippen molar-refractivity contribution in [1.29, 1.82) is 0 Å². The van der Waals surface area contributed by atoms with E-state index in [4.69, 9.17) is 4.74 Å². The quantitative estimate of drug-likeness (QED) is 0.751. The number of pyridine rings is 1. The predicted octanol–water partition coefficient (Wildman–Crippen LogP) is 1.07. The fourth-order valence-electron chi connectivity index (χ4n) is 1.51. The van der Waals surface area contributed by atoms with Gasteiger partial charge in [-0.05, 0) is 25.1 Å². The van der Waals surface area contributed by atoms with Crippen LogP contribution in [0.15, 0.2) is 24.5 Å². The summed E-state index contributed by atoms with van der Waals surface area (Å²) in [4.78, 5) is 3.93. The number of nitrogens with zero attached hydrogens (tertiary/aromatic N) is 1. The molecule has 0 aliphatic carbocycles. The van der Waals surface area contributed by atoms with Crippen LogP contribution in [0.1, 0.15) is 6.42 Å². The second kappa shape index (κ2) is 4.23. The Hall–Kier alpha value is -1.09. The summed E-state index contributed by atoms with van der Waals surface area (Å²) in [5, 5.41) is 3.32. The van der Waals surface area contributed by atoms with E-state index < -0.39 is 0 Å². The van der Waals surface area contributed by atoms with Gasteiger partial charge in [-0.3, -0.25) is 4.98 Å². The molecule has 3 nitrogen and oxygen atoms in total. The zero-order valence-corrected chi connectivity index (χ0v) is 7.57. The Morgan fingerprint density at radius 1 is 1.46 bits per heavy atom. The van der Waals surface area contributed by atoms with Crippen LogP contribution >= 0.6 is 0 Å². The van der Waals surface area contributed by atoms with E-state index in [1.54, 1.807) is 12.4 Å². The molecule has 2 heterocycles. The summed E-state index contributed by atoms with van der Waals surface area (Å²) in [5.41, 5.74) is 0. The summed E-state index contributed by atoms with van der Waals surface area (Å²) in [6.45, 7) is 3.03. The average molecular weight is 178 g/mol. The minimum atomic E-state index is 0.674. The van der Waals surface area contributed by atoms with Crippen molar-refractivity contribution >= 4 is 0 Å². The minimum absolute atomic E-state index is 0.674. The van der Waals surface area contributed by atoms with Gasteiger partial charge >= 0.3 is 0 Å². The summed E-state index contributed by atoms with van der Waals surface area (Å²) in [6, 6.07) is 3.78. The van der Waals surface area contributed by atoms with Gasteiger partial charge in [-0.25, -0.2) is 0 Å². The number of hydrogen-bond acceptors (Lipinski definition) is 3. The largest absolute Gasteiger partial charge is 0.493 e. The van der Waals surface area contributed by atoms with Gasteiger partial charge in [-0.1, -0.05) is 0 Å². The zero-order chi connectivity index (χ0) is 8.93. The van der Waals surface area contributed by atoms with Gasteiger partial charge in [0, 0.05) is 24.9 Å². The molecule has 1 aromatic rings. The Balaban J connectivity index is 1.79. The highest BCUT2D eigenvalue weighted by molar-refractivity contribution is 5.16. The molecule has 1 atom stereocenters. The molecule has 1 unspecified atom stereocenters. The molecule has 0 radical (unpaired) electrons. The zero-order valence-electron chi connectivity index (χ0n) is 7.57. The van der Waals surface area contributed by atoms with Crippen molar-refractivity contribution in [2.75, 3.05) is 19.7 Å². The van der Waals surface area contributed by atoms with Gasteiger partial charge in [-0.15, -0.1) is 0 Å². The van der Waals surface area contributed by atoms with Crippen molar-refractivity contribution in [1.82, 2.24) is 10.3 Å². The van der Waals surface area contributed by atoms with Crippen LogP contribution in [0.3, 0.4) is 0 Å². The molecule has 2 rings (SSSR count). The molecule has 0 aromatic carbocycles. The standard InChI is InChI=1S/C10H14N2O/c1-4-12-7-9(1)8-13-10-2-5-11-6-3-10/h2-3,5-6,9,12H,1,4,7-8H2. The lowest BCUT2D eigenvalue weighted by Gasteiger charge is -2.09. The molecule has 1 aromatic heterocycles. The van der Waals surface area contributed by atoms with Gasteiger partial charge in [0.1, 0.15) is 5.75 Å². The first-order valence-electron chi connectivity index (χ1n) is 4.69. The van der Waals surface area contributed by atoms with Crippen LogP contribution in [0.4, 0.5) is 0 Å². The SMILES string of the molecule is c1cc(OCC2CCNC2)ccn1. The normalized spacial score (nSPS) is 21.7. The molecule has 70 valence electrons. The van der Waals surface area contributed by atoms with Crippen LogP contribution in [0, 0.1) is 5.92 Å². The summed E-state index contributed by atoms with van der Waals surface area (Å²) < 4.78 is 5.61. The molecule has 0 amide bonds. The van der Waals surface area contributed by atoms with Crippen LogP contribution in [0.25, 0.3) is 0 Å². The Bertz CT molecular complexity index is 244. The maximum Gasteiger partial charge on any atom is 0.122 e. The highest BCUT2D eigenvalue weighted by Crippen LogP contribution is 2.12. The lowest BCUT2D eigenvalue weighted by molar-refractivity contribution is 0.260. The summed E-state index contributed by atoms with van der Waals surface area (Å²) in [7, 11) is 0. The van der Waals surface area contributed by atoms with E-state index >= 15 is 0 Å². The lowest BCUT2D eigenvalue weighted by atomic mass is 10.1. The second-order valence-corrected chi connectivity index (χ2v) is 3.35. The fourth-order valence-corrected chi connectivity index (χ4v) is 1.51. The number of rotatable bonds is 3. The van der Waals surface area contributed by atoms with Gasteiger partial charge in [-0.2, -0.15) is 0 Å². The van der Waals surface area contributed by atoms with Crippen LogP contribution in [0.2, 0.25) is 0 Å². The number of ether oxygens (including phenoxy) is 1. The van der Waals surface area contributed by atoms with Crippen LogP contribution in [0.5, 0.6) is 5.75 Å². The third-order valence-electron chi connectivity index (χ3n) is 2.30. The molecule has 1 saturated heterocycles. The molecule has 0 bridgehead atoms. The third-order valence-corrected chi connectivity index (χ3v) is 2.30. The summed E-state index contributed by atoms with van der Waals surface area (Å²) >= 11 is 0. The maximum absolute atomic E-state index is 5.61. The van der Waals surface area contributed by atoms with Crippen molar-refractivity contribution in [3.63, 3.8) is 0 Å². The third kappa shape index (κ3) is 2.42. The first-order chi connectivity index (χ1) is 6.45. The monoisotopic (exact) mass is 178 g/mol. The molecular formula is C10H14N2O. The number of nitrogens with one attached hydrogen (secondary N) is 1. The number of hydrogen-bond donors (Lipinski definition) is 1. The Morgan fingerprint density at radius 3 is 3.00 bits per heavy atom. The molecule has 0 saturated carbocycles. The van der Waals surface area contributed by atoms with Crippen molar-refractivity contribution in [3.05, 3.63) is 24.5 Å². The van der Waals surface area contributed by atoms with E-state index in [0.717, 1.165) is 25.4 Å². The first-order valence-corrected chi connectivity index (χ1v) is 4.69. The Labute approximate surface area is 78.1 Å². The lowest BCUT2D eigenvalue weighted by Crippen LogP contribution is -2.15. The van der Waals surface area contributed by atoms with Gasteiger partial charge in [0.25, 0.3) is 0 Å². The fraction of sp³-hybridized carbons (Fsp3) is 0.500. The highest BCUT2D eigenvalue weighted by atomic mass is 16.5. The van der Waals surface area contributed by atoms with E-state index in [2.05, 4.69) is 10.3 Å². The van der Waals surface area contributed by atoms with E-state index in [-0.39, 0.29) is 0 Å². The molecule has 1 aliphatic heterocycles. The molecule has 0 spiro atoms. The van der Waals surface area contributed by atoms with Gasteiger partial charge in [0.2, 0.25) is 0 Å². The minimum Gasteiger partial charge on any atom is -0.493 e. The topological polar surface area (TPSA) is 34.1 Å². The molecule has 1 fully saturated rings. The van der Waals surface area contributed by atoms with Crippen LogP contribution in [-0.4, -0.2) is 24.7 Å². The average Bonchev–Trinajstić information content (AvgIpc) is 2.69. The highest BCUT2D eigenvalue weighted by Gasteiger charge is 2.14. The maximum atomic E-state index is 5.61. The van der Waals surface area contributed by atoms with Gasteiger partial charge < -0.3 is 10.1 Å². The van der Waals surface area contributed by atoms with Crippen molar-refractivity contribution in [2.24, 2.45) is 5.92 Å². The molecule has 13 heavy (non-hydrogen) atoms. The Kier molecular flexibility index (Phi) is 2.77. The van der Waals surface area contributed by atoms with Crippen molar-refractivity contribution in [2.45, 2.75) is 6.42 Å². The summed E-state index contributed by atoms with van der Waals surface area (Å²) in [5.74, 6) is 1.59.